The van der Waals surface area contributed by atoms with Crippen LogP contribution in [0, 0.1) is 16.7 Å². The molecule has 14 heavy (non-hydrogen) atoms. The van der Waals surface area contributed by atoms with Gasteiger partial charge in [0.05, 0.1) is 17.6 Å². The number of benzene rings is 1. The molecule has 1 aromatic carbocycles. The van der Waals surface area contributed by atoms with Gasteiger partial charge in [0.2, 0.25) is 0 Å². The second kappa shape index (κ2) is 4.26. The van der Waals surface area contributed by atoms with E-state index >= 15 is 0 Å². The fourth-order valence-electron chi connectivity index (χ4n) is 1.17. The van der Waals surface area contributed by atoms with Crippen LogP contribution < -0.4 is 0 Å². The summed E-state index contributed by atoms with van der Waals surface area (Å²) in [4.78, 5) is 0. The molecule has 0 radical (unpaired) electrons. The van der Waals surface area contributed by atoms with Gasteiger partial charge in [0, 0.05) is 0 Å². The third kappa shape index (κ3) is 2.58. The molecule has 0 aliphatic carbocycles. The summed E-state index contributed by atoms with van der Waals surface area (Å²) in [6, 6.07) is 11.8. The van der Waals surface area contributed by atoms with E-state index in [9.17, 15) is 5.11 Å². The maximum absolute atomic E-state index is 9.81. The van der Waals surface area contributed by atoms with Crippen molar-refractivity contribution in [1.82, 2.24) is 0 Å². The Morgan fingerprint density at radius 2 is 1.93 bits per heavy atom. The van der Waals surface area contributed by atoms with E-state index in [1.54, 1.807) is 13.8 Å². The van der Waals surface area contributed by atoms with E-state index in [1.165, 1.54) is 0 Å². The molecule has 74 valence electrons. The van der Waals surface area contributed by atoms with Crippen LogP contribution in [0.15, 0.2) is 30.3 Å². The van der Waals surface area contributed by atoms with Crippen LogP contribution in [0.2, 0.25) is 0 Å². The van der Waals surface area contributed by atoms with E-state index in [2.05, 4.69) is 6.07 Å². The molecule has 0 amide bonds. The lowest BCUT2D eigenvalue weighted by Gasteiger charge is -2.22. The van der Waals surface area contributed by atoms with Gasteiger partial charge in [-0.3, -0.25) is 0 Å². The summed E-state index contributed by atoms with van der Waals surface area (Å²) in [6.45, 7) is 3.50. The fourth-order valence-corrected chi connectivity index (χ4v) is 1.17. The van der Waals surface area contributed by atoms with Crippen LogP contribution in [-0.4, -0.2) is 11.2 Å². The fraction of sp³-hybridized carbons (Fsp3) is 0.417. The first-order valence-electron chi connectivity index (χ1n) is 4.69. The monoisotopic (exact) mass is 189 g/mol. The maximum atomic E-state index is 9.81. The Morgan fingerprint density at radius 1 is 1.36 bits per heavy atom. The van der Waals surface area contributed by atoms with E-state index in [1.807, 2.05) is 30.3 Å². The second-order valence-corrected chi connectivity index (χ2v) is 4.04. The highest BCUT2D eigenvalue weighted by Crippen LogP contribution is 2.22. The van der Waals surface area contributed by atoms with Crippen molar-refractivity contribution in [3.63, 3.8) is 0 Å². The lowest BCUT2D eigenvalue weighted by molar-refractivity contribution is 0.0870. The molecule has 1 rings (SSSR count). The third-order valence-corrected chi connectivity index (χ3v) is 2.39. The van der Waals surface area contributed by atoms with Gasteiger partial charge in [-0.25, -0.2) is 0 Å². The molecule has 0 bridgehead atoms. The van der Waals surface area contributed by atoms with Crippen molar-refractivity contribution >= 4 is 0 Å². The van der Waals surface area contributed by atoms with Gasteiger partial charge in [-0.2, -0.15) is 5.26 Å². The highest BCUT2D eigenvalue weighted by Gasteiger charge is 2.27. The van der Waals surface area contributed by atoms with Gasteiger partial charge in [0.1, 0.15) is 0 Å². The lowest BCUT2D eigenvalue weighted by atomic mass is 9.85. The van der Waals surface area contributed by atoms with Crippen molar-refractivity contribution in [3.05, 3.63) is 35.9 Å². The Kier molecular flexibility index (Phi) is 3.27. The van der Waals surface area contributed by atoms with Crippen molar-refractivity contribution in [3.8, 4) is 6.07 Å². The zero-order valence-corrected chi connectivity index (χ0v) is 8.57. The first-order valence-corrected chi connectivity index (χ1v) is 4.69. The number of aliphatic hydroxyl groups is 1. The van der Waals surface area contributed by atoms with E-state index in [0.717, 1.165) is 5.56 Å². The molecule has 0 saturated carbocycles. The van der Waals surface area contributed by atoms with Crippen molar-refractivity contribution in [2.45, 2.75) is 26.4 Å². The van der Waals surface area contributed by atoms with Gasteiger partial charge >= 0.3 is 0 Å². The summed E-state index contributed by atoms with van der Waals surface area (Å²) in [7, 11) is 0. The summed E-state index contributed by atoms with van der Waals surface area (Å²) in [5.41, 5.74) is 0.374. The number of hydrogen-bond acceptors (Lipinski definition) is 2. The maximum Gasteiger partial charge on any atom is 0.0779 e. The predicted octanol–water partition coefficient (Wildman–Crippen LogP) is 2.14. The summed E-state index contributed by atoms with van der Waals surface area (Å²) in [6.07, 6.45) is -0.0867. The molecule has 1 atom stereocenters. The van der Waals surface area contributed by atoms with Gasteiger partial charge in [0.15, 0.2) is 0 Å². The van der Waals surface area contributed by atoms with Crippen LogP contribution in [0.25, 0.3) is 0 Å². The number of aliphatic hydroxyl groups excluding tert-OH is 1. The van der Waals surface area contributed by atoms with Gasteiger partial charge < -0.3 is 5.11 Å². The smallest absolute Gasteiger partial charge is 0.0779 e. The molecule has 0 aliphatic rings. The Bertz CT molecular complexity index is 324. The number of nitriles is 1. The standard InChI is InChI=1S/C12H15NO/c1-12(2,9-13)11(14)8-10-6-4-3-5-7-10/h3-7,11,14H,8H2,1-2H3. The third-order valence-electron chi connectivity index (χ3n) is 2.39. The summed E-state index contributed by atoms with van der Waals surface area (Å²) in [5.74, 6) is 0. The molecule has 0 spiro atoms. The Balaban J connectivity index is 2.68. The Labute approximate surface area is 84.8 Å². The molecule has 2 heteroatoms. The zero-order valence-electron chi connectivity index (χ0n) is 8.57. The van der Waals surface area contributed by atoms with Crippen LogP contribution >= 0.6 is 0 Å². The minimum atomic E-state index is -0.685. The highest BCUT2D eigenvalue weighted by atomic mass is 16.3. The van der Waals surface area contributed by atoms with Crippen LogP contribution in [-0.2, 0) is 6.42 Å². The molecule has 0 fully saturated rings. The quantitative estimate of drug-likeness (QED) is 0.791. The largest absolute Gasteiger partial charge is 0.391 e. The predicted molar refractivity (Wildman–Crippen MR) is 55.5 cm³/mol. The van der Waals surface area contributed by atoms with Crippen LogP contribution in [0.4, 0.5) is 0 Å². The summed E-state index contributed by atoms with van der Waals surface area (Å²) in [5, 5.41) is 18.6. The first kappa shape index (κ1) is 10.7. The van der Waals surface area contributed by atoms with Gasteiger partial charge in [0.25, 0.3) is 0 Å². The molecule has 0 aromatic heterocycles. The molecule has 1 aromatic rings. The van der Waals surface area contributed by atoms with E-state index in [4.69, 9.17) is 5.26 Å². The van der Waals surface area contributed by atoms with Crippen LogP contribution in [0.1, 0.15) is 19.4 Å². The number of rotatable bonds is 3. The Hall–Kier alpha value is -1.33. The van der Waals surface area contributed by atoms with Gasteiger partial charge in [-0.1, -0.05) is 30.3 Å². The molecule has 0 aliphatic heterocycles. The molecule has 0 heterocycles. The average molecular weight is 189 g/mol. The molecular weight excluding hydrogens is 174 g/mol. The highest BCUT2D eigenvalue weighted by molar-refractivity contribution is 5.17. The van der Waals surface area contributed by atoms with E-state index in [-0.39, 0.29) is 0 Å². The SMILES string of the molecule is CC(C)(C#N)C(O)Cc1ccccc1. The van der Waals surface area contributed by atoms with Crippen molar-refractivity contribution in [2.75, 3.05) is 0 Å². The number of nitrogens with zero attached hydrogens (tertiary/aromatic N) is 1. The van der Waals surface area contributed by atoms with Gasteiger partial charge in [-0.05, 0) is 25.8 Å². The van der Waals surface area contributed by atoms with Crippen molar-refractivity contribution < 1.29 is 5.11 Å². The normalized spacial score (nSPS) is 13.3. The zero-order chi connectivity index (χ0) is 10.6. The second-order valence-electron chi connectivity index (χ2n) is 4.04. The van der Waals surface area contributed by atoms with Gasteiger partial charge in [-0.15, -0.1) is 0 Å². The van der Waals surface area contributed by atoms with Crippen LogP contribution in [0.3, 0.4) is 0 Å². The molecule has 2 nitrogen and oxygen atoms in total. The summed E-state index contributed by atoms with van der Waals surface area (Å²) < 4.78 is 0. The topological polar surface area (TPSA) is 44.0 Å². The minimum absolute atomic E-state index is 0.529. The molecule has 0 saturated heterocycles. The minimum Gasteiger partial charge on any atom is -0.391 e. The van der Waals surface area contributed by atoms with Crippen molar-refractivity contribution in [1.29, 1.82) is 5.26 Å². The lowest BCUT2D eigenvalue weighted by Crippen LogP contribution is -2.29. The number of hydrogen-bond donors (Lipinski definition) is 1. The van der Waals surface area contributed by atoms with E-state index in [0.29, 0.717) is 6.42 Å². The molecular formula is C12H15NO. The molecule has 1 unspecified atom stereocenters. The van der Waals surface area contributed by atoms with Crippen molar-refractivity contribution in [2.24, 2.45) is 5.41 Å². The van der Waals surface area contributed by atoms with Crippen LogP contribution in [0.5, 0.6) is 0 Å². The first-order chi connectivity index (χ1) is 6.56. The van der Waals surface area contributed by atoms with E-state index < -0.39 is 11.5 Å². The average Bonchev–Trinajstić information content (AvgIpc) is 2.19. The molecule has 1 N–H and O–H groups in total. The summed E-state index contributed by atoms with van der Waals surface area (Å²) >= 11 is 0. The Morgan fingerprint density at radius 3 is 2.43 bits per heavy atom.